The molecule has 1 aliphatic rings. The van der Waals surface area contributed by atoms with Crippen molar-refractivity contribution in [1.29, 1.82) is 0 Å². The van der Waals surface area contributed by atoms with Crippen molar-refractivity contribution in [3.8, 4) is 0 Å². The number of carbonyl (C=O) groups excluding carboxylic acids is 1. The van der Waals surface area contributed by atoms with Gasteiger partial charge in [0.15, 0.2) is 0 Å². The van der Waals surface area contributed by atoms with Crippen LogP contribution in [0.15, 0.2) is 42.7 Å². The number of para-hydroxylation sites is 1. The molecule has 18 heavy (non-hydrogen) atoms. The molecule has 0 radical (unpaired) electrons. The van der Waals surface area contributed by atoms with Crippen LogP contribution in [0.3, 0.4) is 0 Å². The van der Waals surface area contributed by atoms with Crippen LogP contribution in [0.2, 0.25) is 0 Å². The number of rotatable bonds is 3. The predicted molar refractivity (Wildman–Crippen MR) is 64.1 cm³/mol. The number of amides is 1. The monoisotopic (exact) mass is 244 g/mol. The van der Waals surface area contributed by atoms with E-state index in [4.69, 9.17) is 4.74 Å². The van der Waals surface area contributed by atoms with E-state index in [0.717, 1.165) is 5.69 Å². The number of hydrogen-bond donors (Lipinski definition) is 0. The van der Waals surface area contributed by atoms with E-state index in [1.165, 1.54) is 0 Å². The summed E-state index contributed by atoms with van der Waals surface area (Å²) in [6, 6.07) is 9.48. The largest absolute Gasteiger partial charge is 0.442 e. The minimum atomic E-state index is -0.314. The van der Waals surface area contributed by atoms with E-state index in [2.05, 4.69) is 10.3 Å². The summed E-state index contributed by atoms with van der Waals surface area (Å²) >= 11 is 0. The van der Waals surface area contributed by atoms with Gasteiger partial charge in [-0.3, -0.25) is 4.90 Å². The normalized spacial score (nSPS) is 19.0. The van der Waals surface area contributed by atoms with Crippen LogP contribution in [0, 0.1) is 0 Å². The Balaban J connectivity index is 1.71. The summed E-state index contributed by atoms with van der Waals surface area (Å²) in [5, 5.41) is 7.58. The molecule has 0 spiro atoms. The molecular weight excluding hydrogens is 232 g/mol. The minimum Gasteiger partial charge on any atom is -0.442 e. The van der Waals surface area contributed by atoms with Crippen molar-refractivity contribution in [2.45, 2.75) is 12.6 Å². The number of hydrogen-bond acceptors (Lipinski definition) is 4. The summed E-state index contributed by atoms with van der Waals surface area (Å²) < 4.78 is 6.96. The van der Waals surface area contributed by atoms with E-state index in [-0.39, 0.29) is 12.2 Å². The number of carbonyl (C=O) groups is 1. The Morgan fingerprint density at radius 1 is 1.33 bits per heavy atom. The molecule has 1 atom stereocenters. The van der Waals surface area contributed by atoms with Gasteiger partial charge in [-0.05, 0) is 12.1 Å². The van der Waals surface area contributed by atoms with E-state index in [1.54, 1.807) is 22.0 Å². The van der Waals surface area contributed by atoms with E-state index in [0.29, 0.717) is 13.1 Å². The van der Waals surface area contributed by atoms with Gasteiger partial charge >= 0.3 is 6.09 Å². The molecule has 0 aliphatic carbocycles. The van der Waals surface area contributed by atoms with Crippen molar-refractivity contribution >= 4 is 11.8 Å². The first-order valence-electron chi connectivity index (χ1n) is 5.70. The molecule has 3 rings (SSSR count). The van der Waals surface area contributed by atoms with Crippen molar-refractivity contribution < 1.29 is 9.53 Å². The first-order valence-corrected chi connectivity index (χ1v) is 5.70. The van der Waals surface area contributed by atoms with E-state index in [9.17, 15) is 4.79 Å². The average molecular weight is 244 g/mol. The number of cyclic esters (lactones) is 1. The van der Waals surface area contributed by atoms with Gasteiger partial charge in [0.25, 0.3) is 0 Å². The maximum Gasteiger partial charge on any atom is 0.414 e. The SMILES string of the molecule is O=C1OC(Cn2ccnn2)CN1c1ccccc1. The van der Waals surface area contributed by atoms with Crippen molar-refractivity contribution in [2.24, 2.45) is 0 Å². The van der Waals surface area contributed by atoms with Crippen molar-refractivity contribution in [3.63, 3.8) is 0 Å². The van der Waals surface area contributed by atoms with Gasteiger partial charge in [0.2, 0.25) is 0 Å². The van der Waals surface area contributed by atoms with Crippen LogP contribution >= 0.6 is 0 Å². The van der Waals surface area contributed by atoms with Crippen LogP contribution in [-0.4, -0.2) is 33.7 Å². The van der Waals surface area contributed by atoms with Crippen LogP contribution < -0.4 is 4.90 Å². The molecule has 0 N–H and O–H groups in total. The minimum absolute atomic E-state index is 0.195. The molecule has 1 aliphatic heterocycles. The van der Waals surface area contributed by atoms with E-state index < -0.39 is 0 Å². The summed E-state index contributed by atoms with van der Waals surface area (Å²) in [6.07, 6.45) is 2.84. The second-order valence-electron chi connectivity index (χ2n) is 4.08. The second-order valence-corrected chi connectivity index (χ2v) is 4.08. The smallest absolute Gasteiger partial charge is 0.414 e. The van der Waals surface area contributed by atoms with Gasteiger partial charge in [-0.15, -0.1) is 5.10 Å². The fourth-order valence-electron chi connectivity index (χ4n) is 1.97. The molecule has 1 aromatic heterocycles. The quantitative estimate of drug-likeness (QED) is 0.816. The van der Waals surface area contributed by atoms with Crippen molar-refractivity contribution in [1.82, 2.24) is 15.0 Å². The lowest BCUT2D eigenvalue weighted by molar-refractivity contribution is 0.129. The number of nitrogens with zero attached hydrogens (tertiary/aromatic N) is 4. The zero-order valence-corrected chi connectivity index (χ0v) is 9.64. The highest BCUT2D eigenvalue weighted by molar-refractivity contribution is 5.89. The summed E-state index contributed by atoms with van der Waals surface area (Å²) in [5.41, 5.74) is 0.851. The first-order chi connectivity index (χ1) is 8.83. The molecule has 1 saturated heterocycles. The standard InChI is InChI=1S/C12H12N4O2/c17-12-16(10-4-2-1-3-5-10)9-11(18-12)8-15-7-6-13-14-15/h1-7,11H,8-9H2. The zero-order valence-electron chi connectivity index (χ0n) is 9.64. The van der Waals surface area contributed by atoms with Crippen LogP contribution in [0.4, 0.5) is 10.5 Å². The number of ether oxygens (including phenoxy) is 1. The molecule has 6 heteroatoms. The molecule has 2 heterocycles. The lowest BCUT2D eigenvalue weighted by atomic mass is 10.3. The van der Waals surface area contributed by atoms with E-state index >= 15 is 0 Å². The number of benzene rings is 1. The van der Waals surface area contributed by atoms with Crippen LogP contribution in [0.25, 0.3) is 0 Å². The van der Waals surface area contributed by atoms with Crippen molar-refractivity contribution in [2.75, 3.05) is 11.4 Å². The van der Waals surface area contributed by atoms with Crippen molar-refractivity contribution in [3.05, 3.63) is 42.7 Å². The summed E-state index contributed by atoms with van der Waals surface area (Å²) in [5.74, 6) is 0. The molecular formula is C12H12N4O2. The van der Waals surface area contributed by atoms with Gasteiger partial charge in [-0.25, -0.2) is 9.48 Å². The summed E-state index contributed by atoms with van der Waals surface area (Å²) in [7, 11) is 0. The van der Waals surface area contributed by atoms with Gasteiger partial charge in [-0.2, -0.15) is 0 Å². The highest BCUT2D eigenvalue weighted by Gasteiger charge is 2.32. The summed E-state index contributed by atoms with van der Waals surface area (Å²) in [4.78, 5) is 13.4. The molecule has 1 fully saturated rings. The van der Waals surface area contributed by atoms with Crippen LogP contribution in [-0.2, 0) is 11.3 Å². The molecule has 0 bridgehead atoms. The van der Waals surface area contributed by atoms with Gasteiger partial charge < -0.3 is 4.74 Å². The molecule has 6 nitrogen and oxygen atoms in total. The Morgan fingerprint density at radius 2 is 2.17 bits per heavy atom. The van der Waals surface area contributed by atoms with Gasteiger partial charge in [0, 0.05) is 11.9 Å². The lowest BCUT2D eigenvalue weighted by Gasteiger charge is -2.12. The van der Waals surface area contributed by atoms with Gasteiger partial charge in [-0.1, -0.05) is 23.4 Å². The molecule has 0 saturated carbocycles. The Morgan fingerprint density at radius 3 is 2.89 bits per heavy atom. The fourth-order valence-corrected chi connectivity index (χ4v) is 1.97. The highest BCUT2D eigenvalue weighted by Crippen LogP contribution is 2.21. The van der Waals surface area contributed by atoms with Crippen LogP contribution in [0.5, 0.6) is 0 Å². The lowest BCUT2D eigenvalue weighted by Crippen LogP contribution is -2.25. The third kappa shape index (κ3) is 2.04. The van der Waals surface area contributed by atoms with Crippen LogP contribution in [0.1, 0.15) is 0 Å². The van der Waals surface area contributed by atoms with E-state index in [1.807, 2.05) is 30.3 Å². The molecule has 1 aromatic carbocycles. The van der Waals surface area contributed by atoms with Gasteiger partial charge in [0.1, 0.15) is 6.10 Å². The predicted octanol–water partition coefficient (Wildman–Crippen LogP) is 1.30. The first kappa shape index (κ1) is 10.8. The Kier molecular flexibility index (Phi) is 2.68. The highest BCUT2D eigenvalue weighted by atomic mass is 16.6. The average Bonchev–Trinajstić information content (AvgIpc) is 3.01. The Labute approximate surface area is 104 Å². The van der Waals surface area contributed by atoms with Gasteiger partial charge in [0.05, 0.1) is 19.3 Å². The second kappa shape index (κ2) is 4.48. The zero-order chi connectivity index (χ0) is 12.4. The summed E-state index contributed by atoms with van der Waals surface area (Å²) in [6.45, 7) is 1.05. The number of aromatic nitrogens is 3. The molecule has 92 valence electrons. The molecule has 1 amide bonds. The maximum absolute atomic E-state index is 11.8. The fraction of sp³-hybridized carbons (Fsp3) is 0.250. The third-order valence-corrected chi connectivity index (χ3v) is 2.80. The number of anilines is 1. The third-order valence-electron chi connectivity index (χ3n) is 2.80. The molecule has 2 aromatic rings. The Hall–Kier alpha value is -2.37. The topological polar surface area (TPSA) is 60.3 Å². The molecule has 1 unspecified atom stereocenters. The Bertz CT molecular complexity index is 526. The maximum atomic E-state index is 11.8.